The standard InChI is InChI=1S/C11H10F2N2O2/c1-16-9-3-2-6(10(12)13)4-7(9)8-5-15-17-11(8)14/h2-5,10H,14H2,1H3. The molecule has 1 aromatic heterocycles. The lowest BCUT2D eigenvalue weighted by Crippen LogP contribution is -1.93. The van der Waals surface area contributed by atoms with Gasteiger partial charge in [-0.3, -0.25) is 0 Å². The average molecular weight is 240 g/mol. The fourth-order valence-corrected chi connectivity index (χ4v) is 1.52. The van der Waals surface area contributed by atoms with Crippen molar-refractivity contribution in [2.45, 2.75) is 6.43 Å². The Morgan fingerprint density at radius 2 is 2.12 bits per heavy atom. The van der Waals surface area contributed by atoms with E-state index >= 15 is 0 Å². The van der Waals surface area contributed by atoms with Gasteiger partial charge in [0.2, 0.25) is 5.88 Å². The molecule has 0 aliphatic rings. The van der Waals surface area contributed by atoms with E-state index < -0.39 is 6.43 Å². The lowest BCUT2D eigenvalue weighted by molar-refractivity contribution is 0.151. The Labute approximate surface area is 96.0 Å². The minimum Gasteiger partial charge on any atom is -0.496 e. The van der Waals surface area contributed by atoms with Gasteiger partial charge >= 0.3 is 0 Å². The maximum Gasteiger partial charge on any atom is 0.263 e. The fraction of sp³-hybridized carbons (Fsp3) is 0.182. The summed E-state index contributed by atoms with van der Waals surface area (Å²) in [6.45, 7) is 0. The van der Waals surface area contributed by atoms with Crippen molar-refractivity contribution in [1.29, 1.82) is 0 Å². The van der Waals surface area contributed by atoms with Crippen molar-refractivity contribution in [2.24, 2.45) is 0 Å². The molecule has 0 aliphatic heterocycles. The number of nitrogen functional groups attached to an aromatic ring is 1. The molecule has 0 spiro atoms. The Kier molecular flexibility index (Phi) is 2.95. The number of benzene rings is 1. The van der Waals surface area contributed by atoms with E-state index in [-0.39, 0.29) is 11.4 Å². The summed E-state index contributed by atoms with van der Waals surface area (Å²) in [4.78, 5) is 0. The van der Waals surface area contributed by atoms with Crippen LogP contribution in [-0.2, 0) is 0 Å². The Morgan fingerprint density at radius 1 is 1.35 bits per heavy atom. The molecule has 1 aromatic carbocycles. The van der Waals surface area contributed by atoms with Crippen LogP contribution in [0.1, 0.15) is 12.0 Å². The summed E-state index contributed by atoms with van der Waals surface area (Å²) in [6, 6.07) is 4.08. The molecule has 1 heterocycles. The van der Waals surface area contributed by atoms with Crippen LogP contribution in [0.5, 0.6) is 5.75 Å². The summed E-state index contributed by atoms with van der Waals surface area (Å²) in [5, 5.41) is 3.50. The van der Waals surface area contributed by atoms with Crippen LogP contribution in [0.3, 0.4) is 0 Å². The second kappa shape index (κ2) is 4.40. The van der Waals surface area contributed by atoms with Crippen LogP contribution in [-0.4, -0.2) is 12.3 Å². The maximum atomic E-state index is 12.6. The van der Waals surface area contributed by atoms with E-state index in [4.69, 9.17) is 15.0 Å². The van der Waals surface area contributed by atoms with Crippen molar-refractivity contribution in [1.82, 2.24) is 5.16 Å². The van der Waals surface area contributed by atoms with Crippen LogP contribution < -0.4 is 10.5 Å². The summed E-state index contributed by atoms with van der Waals surface area (Å²) in [5.41, 5.74) is 6.31. The molecule has 2 N–H and O–H groups in total. The number of methoxy groups -OCH3 is 1. The van der Waals surface area contributed by atoms with E-state index in [0.717, 1.165) is 0 Å². The largest absolute Gasteiger partial charge is 0.496 e. The number of nitrogens with zero attached hydrogens (tertiary/aromatic N) is 1. The molecule has 0 bridgehead atoms. The molecule has 0 saturated heterocycles. The average Bonchev–Trinajstić information content (AvgIpc) is 2.74. The Morgan fingerprint density at radius 3 is 2.65 bits per heavy atom. The molecule has 0 amide bonds. The van der Waals surface area contributed by atoms with Crippen molar-refractivity contribution in [2.75, 3.05) is 12.8 Å². The molecule has 0 fully saturated rings. The predicted octanol–water partition coefficient (Wildman–Crippen LogP) is 2.87. The maximum absolute atomic E-state index is 12.6. The highest BCUT2D eigenvalue weighted by Gasteiger charge is 2.16. The number of halogens is 2. The second-order valence-electron chi connectivity index (χ2n) is 3.36. The Bertz CT molecular complexity index is 526. The lowest BCUT2D eigenvalue weighted by Gasteiger charge is -2.09. The predicted molar refractivity (Wildman–Crippen MR) is 57.9 cm³/mol. The van der Waals surface area contributed by atoms with Crippen molar-refractivity contribution in [3.05, 3.63) is 30.0 Å². The number of ether oxygens (including phenoxy) is 1. The monoisotopic (exact) mass is 240 g/mol. The summed E-state index contributed by atoms with van der Waals surface area (Å²) in [5.74, 6) is 0.499. The summed E-state index contributed by atoms with van der Waals surface area (Å²) in [7, 11) is 1.45. The SMILES string of the molecule is COc1ccc(C(F)F)cc1-c1cnoc1N. The first-order valence-corrected chi connectivity index (χ1v) is 4.80. The number of nitrogens with two attached hydrogens (primary N) is 1. The van der Waals surface area contributed by atoms with Gasteiger partial charge < -0.3 is 15.0 Å². The molecule has 0 unspecified atom stereocenters. The molecule has 0 saturated carbocycles. The summed E-state index contributed by atoms with van der Waals surface area (Å²) >= 11 is 0. The number of alkyl halides is 2. The normalized spacial score (nSPS) is 10.8. The molecular formula is C11H10F2N2O2. The van der Waals surface area contributed by atoms with Crippen molar-refractivity contribution in [3.8, 4) is 16.9 Å². The highest BCUT2D eigenvalue weighted by atomic mass is 19.3. The van der Waals surface area contributed by atoms with Crippen molar-refractivity contribution in [3.63, 3.8) is 0 Å². The topological polar surface area (TPSA) is 61.3 Å². The zero-order valence-corrected chi connectivity index (χ0v) is 8.98. The van der Waals surface area contributed by atoms with Gasteiger partial charge in [-0.05, 0) is 18.2 Å². The first kappa shape index (κ1) is 11.4. The van der Waals surface area contributed by atoms with Crippen LogP contribution in [0.25, 0.3) is 11.1 Å². The molecular weight excluding hydrogens is 230 g/mol. The lowest BCUT2D eigenvalue weighted by atomic mass is 10.0. The zero-order chi connectivity index (χ0) is 12.4. The number of hydrogen-bond donors (Lipinski definition) is 1. The van der Waals surface area contributed by atoms with Gasteiger partial charge in [0, 0.05) is 11.1 Å². The molecule has 2 rings (SSSR count). The molecule has 0 aliphatic carbocycles. The quantitative estimate of drug-likeness (QED) is 0.896. The molecule has 0 radical (unpaired) electrons. The third-order valence-corrected chi connectivity index (χ3v) is 2.36. The number of hydrogen-bond acceptors (Lipinski definition) is 4. The van der Waals surface area contributed by atoms with E-state index in [1.54, 1.807) is 0 Å². The van der Waals surface area contributed by atoms with Gasteiger partial charge in [0.1, 0.15) is 5.75 Å². The highest BCUT2D eigenvalue weighted by Crippen LogP contribution is 2.36. The van der Waals surface area contributed by atoms with Crippen molar-refractivity contribution < 1.29 is 18.0 Å². The van der Waals surface area contributed by atoms with Gasteiger partial charge in [0.25, 0.3) is 6.43 Å². The first-order valence-electron chi connectivity index (χ1n) is 4.80. The van der Waals surface area contributed by atoms with Crippen LogP contribution in [0.4, 0.5) is 14.7 Å². The first-order chi connectivity index (χ1) is 8.13. The van der Waals surface area contributed by atoms with Gasteiger partial charge in [-0.15, -0.1) is 0 Å². The summed E-state index contributed by atoms with van der Waals surface area (Å²) < 4.78 is 35.0. The fourth-order valence-electron chi connectivity index (χ4n) is 1.52. The van der Waals surface area contributed by atoms with Gasteiger partial charge in [0.15, 0.2) is 0 Å². The second-order valence-corrected chi connectivity index (χ2v) is 3.36. The zero-order valence-electron chi connectivity index (χ0n) is 8.98. The van der Waals surface area contributed by atoms with Crippen LogP contribution in [0.2, 0.25) is 0 Å². The summed E-state index contributed by atoms with van der Waals surface area (Å²) in [6.07, 6.45) is -1.19. The van der Waals surface area contributed by atoms with E-state index in [2.05, 4.69) is 5.16 Å². The van der Waals surface area contributed by atoms with Crippen LogP contribution >= 0.6 is 0 Å². The molecule has 0 atom stereocenters. The van der Waals surface area contributed by atoms with E-state index in [1.807, 2.05) is 0 Å². The smallest absolute Gasteiger partial charge is 0.263 e. The molecule has 17 heavy (non-hydrogen) atoms. The van der Waals surface area contributed by atoms with Gasteiger partial charge in [-0.2, -0.15) is 0 Å². The third kappa shape index (κ3) is 2.06. The minimum absolute atomic E-state index is 0.0646. The Hall–Kier alpha value is -2.11. The number of aromatic nitrogens is 1. The van der Waals surface area contributed by atoms with Gasteiger partial charge in [-0.25, -0.2) is 8.78 Å². The minimum atomic E-state index is -2.55. The highest BCUT2D eigenvalue weighted by molar-refractivity contribution is 5.77. The van der Waals surface area contributed by atoms with Gasteiger partial charge in [0.05, 0.1) is 18.9 Å². The Balaban J connectivity index is 2.57. The number of anilines is 1. The molecule has 4 nitrogen and oxygen atoms in total. The van der Waals surface area contributed by atoms with Crippen LogP contribution in [0.15, 0.2) is 28.9 Å². The molecule has 6 heteroatoms. The van der Waals surface area contributed by atoms with Gasteiger partial charge in [-0.1, -0.05) is 5.16 Å². The third-order valence-electron chi connectivity index (χ3n) is 2.36. The molecule has 2 aromatic rings. The van der Waals surface area contributed by atoms with Crippen LogP contribution in [0, 0.1) is 0 Å². The van der Waals surface area contributed by atoms with Crippen molar-refractivity contribution >= 4 is 5.88 Å². The number of rotatable bonds is 3. The van der Waals surface area contributed by atoms with E-state index in [9.17, 15) is 8.78 Å². The van der Waals surface area contributed by atoms with E-state index in [1.165, 1.54) is 31.5 Å². The van der Waals surface area contributed by atoms with E-state index in [0.29, 0.717) is 16.9 Å². The molecule has 90 valence electrons.